The summed E-state index contributed by atoms with van der Waals surface area (Å²) < 4.78 is 46.5. The van der Waals surface area contributed by atoms with Gasteiger partial charge in [0.25, 0.3) is 0 Å². The molecule has 9 heteroatoms. The Balaban J connectivity index is 1.62. The first-order valence-corrected chi connectivity index (χ1v) is 8.82. The first-order valence-electron chi connectivity index (χ1n) is 8.82. The van der Waals surface area contributed by atoms with E-state index in [1.54, 1.807) is 18.5 Å². The second-order valence-corrected chi connectivity index (χ2v) is 6.41. The van der Waals surface area contributed by atoms with Gasteiger partial charge in [-0.2, -0.15) is 0 Å². The average molecular weight is 390 g/mol. The van der Waals surface area contributed by atoms with Gasteiger partial charge in [-0.3, -0.25) is 4.98 Å². The van der Waals surface area contributed by atoms with E-state index in [2.05, 4.69) is 25.2 Å². The predicted molar refractivity (Wildman–Crippen MR) is 96.9 cm³/mol. The lowest BCUT2D eigenvalue weighted by atomic mass is 10.1. The van der Waals surface area contributed by atoms with Crippen molar-refractivity contribution in [3.8, 4) is 17.0 Å². The van der Waals surface area contributed by atoms with Crippen LogP contribution >= 0.6 is 0 Å². The topological polar surface area (TPSA) is 69.2 Å². The van der Waals surface area contributed by atoms with Crippen LogP contribution in [0.25, 0.3) is 22.0 Å². The zero-order valence-corrected chi connectivity index (χ0v) is 14.7. The summed E-state index contributed by atoms with van der Waals surface area (Å²) in [5.74, 6) is 0.310. The maximum Gasteiger partial charge on any atom is 0.573 e. The highest BCUT2D eigenvalue weighted by Crippen LogP contribution is 2.31. The number of alkyl halides is 3. The number of pyridine rings is 1. The van der Waals surface area contributed by atoms with Gasteiger partial charge in [-0.1, -0.05) is 0 Å². The maximum atomic E-state index is 12.3. The van der Waals surface area contributed by atoms with Crippen molar-refractivity contribution in [3.63, 3.8) is 0 Å². The molecule has 0 radical (unpaired) electrons. The minimum atomic E-state index is -4.73. The number of rotatable bonds is 5. The van der Waals surface area contributed by atoms with E-state index in [-0.39, 0.29) is 11.9 Å². The van der Waals surface area contributed by atoms with Crippen molar-refractivity contribution in [3.05, 3.63) is 42.7 Å². The Bertz CT molecular complexity index is 958. The Morgan fingerprint density at radius 2 is 1.93 bits per heavy atom. The van der Waals surface area contributed by atoms with Gasteiger partial charge in [0.05, 0.1) is 6.10 Å². The van der Waals surface area contributed by atoms with Gasteiger partial charge in [-0.25, -0.2) is 0 Å². The van der Waals surface area contributed by atoms with Gasteiger partial charge in [0.1, 0.15) is 11.4 Å². The molecule has 146 valence electrons. The molecule has 3 aromatic rings. The Morgan fingerprint density at radius 3 is 2.64 bits per heavy atom. The Labute approximate surface area is 158 Å². The molecule has 2 aromatic heterocycles. The Morgan fingerprint density at radius 1 is 1.11 bits per heavy atom. The number of hydrogen-bond donors (Lipinski definition) is 1. The fourth-order valence-electron chi connectivity index (χ4n) is 3.17. The number of nitrogens with zero attached hydrogens (tertiary/aromatic N) is 3. The van der Waals surface area contributed by atoms with Gasteiger partial charge in [0.15, 0.2) is 5.82 Å². The summed E-state index contributed by atoms with van der Waals surface area (Å²) in [6.07, 6.45) is 0.796. The summed E-state index contributed by atoms with van der Waals surface area (Å²) in [4.78, 5) is 4.16. The fourth-order valence-corrected chi connectivity index (χ4v) is 3.17. The van der Waals surface area contributed by atoms with Crippen molar-refractivity contribution in [1.29, 1.82) is 0 Å². The molecule has 1 atom stereocenters. The van der Waals surface area contributed by atoms with Crippen molar-refractivity contribution >= 4 is 16.6 Å². The highest BCUT2D eigenvalue weighted by atomic mass is 19.4. The molecule has 0 unspecified atom stereocenters. The van der Waals surface area contributed by atoms with Crippen molar-refractivity contribution < 1.29 is 22.6 Å². The van der Waals surface area contributed by atoms with E-state index in [9.17, 15) is 13.2 Å². The van der Waals surface area contributed by atoms with Gasteiger partial charge in [-0.05, 0) is 43.2 Å². The summed E-state index contributed by atoms with van der Waals surface area (Å²) in [6, 6.07) is 7.34. The molecule has 3 heterocycles. The van der Waals surface area contributed by atoms with Gasteiger partial charge < -0.3 is 14.8 Å². The third-order valence-electron chi connectivity index (χ3n) is 4.46. The van der Waals surface area contributed by atoms with Crippen molar-refractivity contribution in [2.24, 2.45) is 0 Å². The van der Waals surface area contributed by atoms with E-state index < -0.39 is 6.36 Å². The molecular formula is C19H17F3N4O2. The van der Waals surface area contributed by atoms with Crippen LogP contribution in [0, 0.1) is 0 Å². The van der Waals surface area contributed by atoms with Gasteiger partial charge in [0, 0.05) is 41.9 Å². The maximum absolute atomic E-state index is 12.3. The first-order chi connectivity index (χ1) is 13.5. The fraction of sp³-hybridized carbons (Fsp3) is 0.316. The van der Waals surface area contributed by atoms with Gasteiger partial charge in [-0.15, -0.1) is 23.4 Å². The number of halogens is 3. The van der Waals surface area contributed by atoms with Crippen molar-refractivity contribution in [1.82, 2.24) is 15.2 Å². The van der Waals surface area contributed by atoms with Crippen molar-refractivity contribution in [2.45, 2.75) is 25.3 Å². The molecule has 0 bridgehead atoms. The zero-order chi connectivity index (χ0) is 19.6. The van der Waals surface area contributed by atoms with Crippen LogP contribution in [-0.2, 0) is 4.74 Å². The molecular weight excluding hydrogens is 373 g/mol. The summed E-state index contributed by atoms with van der Waals surface area (Å²) in [5.41, 5.74) is 1.18. The van der Waals surface area contributed by atoms with E-state index in [1.807, 2.05) is 0 Å². The number of ether oxygens (including phenoxy) is 2. The molecule has 1 saturated heterocycles. The van der Waals surface area contributed by atoms with Crippen LogP contribution in [0.5, 0.6) is 5.75 Å². The third-order valence-corrected chi connectivity index (χ3v) is 4.46. The molecule has 4 rings (SSSR count). The van der Waals surface area contributed by atoms with E-state index in [4.69, 9.17) is 4.74 Å². The van der Waals surface area contributed by atoms with E-state index in [1.165, 1.54) is 24.3 Å². The third kappa shape index (κ3) is 4.14. The van der Waals surface area contributed by atoms with Crippen LogP contribution in [0.1, 0.15) is 12.8 Å². The number of anilines is 1. The highest BCUT2D eigenvalue weighted by Gasteiger charge is 2.31. The molecule has 28 heavy (non-hydrogen) atoms. The number of nitrogens with one attached hydrogen (secondary N) is 1. The monoisotopic (exact) mass is 390 g/mol. The predicted octanol–water partition coefficient (Wildman–Crippen LogP) is 4.18. The lowest BCUT2D eigenvalue weighted by Crippen LogP contribution is -2.19. The van der Waals surface area contributed by atoms with E-state index in [0.29, 0.717) is 23.6 Å². The van der Waals surface area contributed by atoms with Crippen LogP contribution in [-0.4, -0.2) is 40.8 Å². The molecule has 1 aromatic carbocycles. The minimum Gasteiger partial charge on any atom is -0.406 e. The quantitative estimate of drug-likeness (QED) is 0.705. The molecule has 0 spiro atoms. The second-order valence-electron chi connectivity index (χ2n) is 6.41. The highest BCUT2D eigenvalue weighted by molar-refractivity contribution is 5.99. The van der Waals surface area contributed by atoms with Crippen LogP contribution in [0.2, 0.25) is 0 Å². The standard InChI is InChI=1S/C19H17F3N4O2/c20-19(21,22)28-13-5-3-12(4-6-13)17-15-7-8-23-11-16(15)18(26-25-17)24-10-14-2-1-9-27-14/h3-8,11,14H,1-2,9-10H2,(H,24,26)/t14-/m1/s1. The lowest BCUT2D eigenvalue weighted by Gasteiger charge is -2.14. The van der Waals surface area contributed by atoms with Crippen LogP contribution in [0.4, 0.5) is 19.0 Å². The molecule has 0 saturated carbocycles. The largest absolute Gasteiger partial charge is 0.573 e. The number of fused-ring (bicyclic) bond motifs is 1. The molecule has 0 amide bonds. The summed E-state index contributed by atoms with van der Waals surface area (Å²) in [5, 5.41) is 13.4. The van der Waals surface area contributed by atoms with Gasteiger partial charge in [0.2, 0.25) is 0 Å². The van der Waals surface area contributed by atoms with Gasteiger partial charge >= 0.3 is 6.36 Å². The molecule has 0 aliphatic carbocycles. The summed E-state index contributed by atoms with van der Waals surface area (Å²) >= 11 is 0. The number of benzene rings is 1. The molecule has 1 fully saturated rings. The molecule has 1 aliphatic heterocycles. The molecule has 6 nitrogen and oxygen atoms in total. The Hall–Kier alpha value is -2.94. The minimum absolute atomic E-state index is 0.148. The molecule has 1 N–H and O–H groups in total. The SMILES string of the molecule is FC(F)(F)Oc1ccc(-c2nnc(NC[C@H]3CCCO3)c3cnccc23)cc1. The first kappa shape index (κ1) is 18.4. The van der Waals surface area contributed by atoms with Crippen molar-refractivity contribution in [2.75, 3.05) is 18.5 Å². The molecule has 1 aliphatic rings. The van der Waals surface area contributed by atoms with E-state index >= 15 is 0 Å². The summed E-state index contributed by atoms with van der Waals surface area (Å²) in [7, 11) is 0. The normalized spacial score (nSPS) is 17.0. The van der Waals surface area contributed by atoms with Crippen LogP contribution < -0.4 is 10.1 Å². The van der Waals surface area contributed by atoms with E-state index in [0.717, 1.165) is 30.2 Å². The Kier molecular flexibility index (Phi) is 4.99. The number of hydrogen-bond acceptors (Lipinski definition) is 6. The van der Waals surface area contributed by atoms with Crippen LogP contribution in [0.3, 0.4) is 0 Å². The lowest BCUT2D eigenvalue weighted by molar-refractivity contribution is -0.274. The second kappa shape index (κ2) is 7.59. The van der Waals surface area contributed by atoms with Crippen LogP contribution in [0.15, 0.2) is 42.7 Å². The number of aromatic nitrogens is 3. The average Bonchev–Trinajstić information content (AvgIpc) is 3.19. The zero-order valence-electron chi connectivity index (χ0n) is 14.7. The smallest absolute Gasteiger partial charge is 0.406 e. The summed E-state index contributed by atoms with van der Waals surface area (Å²) in [6.45, 7) is 1.40.